The van der Waals surface area contributed by atoms with Crippen LogP contribution in [0.5, 0.6) is 17.4 Å². The molecule has 3 heterocycles. The number of nitrogens with zero attached hydrogens (tertiary/aromatic N) is 4. The molecule has 3 aromatic heterocycles. The van der Waals surface area contributed by atoms with Crippen LogP contribution in [0.2, 0.25) is 0 Å². The molecule has 0 unspecified atom stereocenters. The summed E-state index contributed by atoms with van der Waals surface area (Å²) in [6.07, 6.45) is 4.43. The molecular weight excluding hydrogens is 406 g/mol. The largest absolute Gasteiger partial charge is 0.493 e. The smallest absolute Gasteiger partial charge is 0.213 e. The molecule has 0 spiro atoms. The minimum Gasteiger partial charge on any atom is -0.493 e. The lowest BCUT2D eigenvalue weighted by atomic mass is 10.0. The number of nitrogen functional groups attached to an aromatic ring is 1. The number of aromatic nitrogens is 3. The van der Waals surface area contributed by atoms with Gasteiger partial charge in [0.05, 0.1) is 32.0 Å². The first-order valence-electron chi connectivity index (χ1n) is 10.3. The fraction of sp³-hybridized carbons (Fsp3) is 0.292. The van der Waals surface area contributed by atoms with E-state index < -0.39 is 0 Å². The van der Waals surface area contributed by atoms with E-state index in [9.17, 15) is 0 Å². The first-order chi connectivity index (χ1) is 15.5. The fourth-order valence-electron chi connectivity index (χ4n) is 3.58. The molecule has 166 valence electrons. The van der Waals surface area contributed by atoms with Crippen molar-refractivity contribution in [2.75, 3.05) is 47.2 Å². The van der Waals surface area contributed by atoms with Crippen molar-refractivity contribution >= 4 is 27.5 Å². The maximum Gasteiger partial charge on any atom is 0.213 e. The molecule has 0 bridgehead atoms. The average molecular weight is 434 g/mol. The van der Waals surface area contributed by atoms with E-state index in [-0.39, 0.29) is 0 Å². The molecule has 0 radical (unpaired) electrons. The highest BCUT2D eigenvalue weighted by Gasteiger charge is 2.13. The Hall–Kier alpha value is -3.65. The Balaban J connectivity index is 1.69. The van der Waals surface area contributed by atoms with Gasteiger partial charge in [-0.1, -0.05) is 0 Å². The molecule has 8 heteroatoms. The van der Waals surface area contributed by atoms with Crippen LogP contribution in [0.3, 0.4) is 0 Å². The summed E-state index contributed by atoms with van der Waals surface area (Å²) in [4.78, 5) is 15.7. The number of anilines is 1. The number of fused-ring (bicyclic) bond motifs is 3. The predicted molar refractivity (Wildman–Crippen MR) is 126 cm³/mol. The van der Waals surface area contributed by atoms with Gasteiger partial charge in [0.1, 0.15) is 5.82 Å². The number of rotatable bonds is 8. The average Bonchev–Trinajstić information content (AvgIpc) is 2.81. The minimum absolute atomic E-state index is 0.408. The Labute approximate surface area is 187 Å². The van der Waals surface area contributed by atoms with Gasteiger partial charge in [0, 0.05) is 47.4 Å². The highest BCUT2D eigenvalue weighted by molar-refractivity contribution is 6.10. The van der Waals surface area contributed by atoms with Gasteiger partial charge in [-0.25, -0.2) is 9.97 Å². The molecular formula is C24H27N5O3. The van der Waals surface area contributed by atoms with Gasteiger partial charge in [0.25, 0.3) is 0 Å². The summed E-state index contributed by atoms with van der Waals surface area (Å²) >= 11 is 0. The SMILES string of the molecule is COc1cc2ncc3c(N)nc(-c4ccc(OCCCN(C)C)nc4)cc3c2cc1OC. The molecule has 0 fully saturated rings. The molecule has 0 aliphatic rings. The number of hydrogen-bond donors (Lipinski definition) is 1. The molecule has 2 N–H and O–H groups in total. The number of pyridine rings is 3. The van der Waals surface area contributed by atoms with Crippen LogP contribution in [0.4, 0.5) is 5.82 Å². The second-order valence-corrected chi connectivity index (χ2v) is 7.73. The molecule has 0 saturated carbocycles. The summed E-state index contributed by atoms with van der Waals surface area (Å²) in [7, 11) is 7.30. The van der Waals surface area contributed by atoms with Crippen molar-refractivity contribution in [2.45, 2.75) is 6.42 Å². The predicted octanol–water partition coefficient (Wildman–Crippen LogP) is 3.77. The normalized spacial score (nSPS) is 11.3. The third kappa shape index (κ3) is 4.36. The van der Waals surface area contributed by atoms with Gasteiger partial charge in [-0.15, -0.1) is 0 Å². The highest BCUT2D eigenvalue weighted by atomic mass is 16.5. The molecule has 32 heavy (non-hydrogen) atoms. The van der Waals surface area contributed by atoms with Gasteiger partial charge in [0.15, 0.2) is 11.5 Å². The minimum atomic E-state index is 0.408. The molecule has 8 nitrogen and oxygen atoms in total. The van der Waals surface area contributed by atoms with E-state index >= 15 is 0 Å². The van der Waals surface area contributed by atoms with E-state index in [0.717, 1.165) is 45.9 Å². The Morgan fingerprint density at radius 1 is 0.906 bits per heavy atom. The maximum atomic E-state index is 6.29. The summed E-state index contributed by atoms with van der Waals surface area (Å²) < 4.78 is 16.6. The van der Waals surface area contributed by atoms with Gasteiger partial charge < -0.3 is 24.8 Å². The molecule has 4 aromatic rings. The molecule has 0 saturated heterocycles. The van der Waals surface area contributed by atoms with E-state index in [1.165, 1.54) is 0 Å². The van der Waals surface area contributed by atoms with E-state index in [4.69, 9.17) is 19.9 Å². The summed E-state index contributed by atoms with van der Waals surface area (Å²) in [5.74, 6) is 2.25. The molecule has 0 atom stereocenters. The first-order valence-corrected chi connectivity index (χ1v) is 10.3. The molecule has 0 aliphatic carbocycles. The lowest BCUT2D eigenvalue weighted by molar-refractivity contribution is 0.273. The van der Waals surface area contributed by atoms with Crippen molar-refractivity contribution in [1.29, 1.82) is 0 Å². The third-order valence-corrected chi connectivity index (χ3v) is 5.24. The van der Waals surface area contributed by atoms with Gasteiger partial charge in [0.2, 0.25) is 5.88 Å². The van der Waals surface area contributed by atoms with E-state index in [1.807, 2.05) is 44.4 Å². The Morgan fingerprint density at radius 2 is 1.69 bits per heavy atom. The lowest BCUT2D eigenvalue weighted by Gasteiger charge is -2.12. The number of benzene rings is 1. The standard InChI is InChI=1S/C24H27N5O3/c1-29(2)8-5-9-32-23-7-6-15(13-27-23)19-10-16-17-11-21(30-3)22(31-4)12-20(17)26-14-18(16)24(25)28-19/h6-7,10-14H,5,8-9H2,1-4H3,(H2,25,28). The zero-order valence-electron chi connectivity index (χ0n) is 18.8. The van der Waals surface area contributed by atoms with Crippen molar-refractivity contribution < 1.29 is 14.2 Å². The van der Waals surface area contributed by atoms with Crippen molar-refractivity contribution in [3.05, 3.63) is 42.7 Å². The summed E-state index contributed by atoms with van der Waals surface area (Å²) in [5, 5.41) is 2.62. The maximum absolute atomic E-state index is 6.29. The monoisotopic (exact) mass is 433 g/mol. The molecule has 0 amide bonds. The zero-order chi connectivity index (χ0) is 22.7. The van der Waals surface area contributed by atoms with Crippen molar-refractivity contribution in [1.82, 2.24) is 19.9 Å². The fourth-order valence-corrected chi connectivity index (χ4v) is 3.58. The second-order valence-electron chi connectivity index (χ2n) is 7.73. The zero-order valence-corrected chi connectivity index (χ0v) is 18.8. The van der Waals surface area contributed by atoms with Gasteiger partial charge >= 0.3 is 0 Å². The molecule has 0 aliphatic heterocycles. The van der Waals surface area contributed by atoms with Crippen LogP contribution in [0.1, 0.15) is 6.42 Å². The van der Waals surface area contributed by atoms with E-state index in [2.05, 4.69) is 19.9 Å². The van der Waals surface area contributed by atoms with Crippen LogP contribution in [-0.4, -0.2) is 61.3 Å². The summed E-state index contributed by atoms with van der Waals surface area (Å²) in [6, 6.07) is 9.56. The Bertz CT molecular complexity index is 1240. The van der Waals surface area contributed by atoms with Crippen LogP contribution in [0, 0.1) is 0 Å². The summed E-state index contributed by atoms with van der Waals surface area (Å²) in [5.41, 5.74) is 8.65. The quantitative estimate of drug-likeness (QED) is 0.331. The molecule has 1 aromatic carbocycles. The van der Waals surface area contributed by atoms with E-state index in [1.54, 1.807) is 26.6 Å². The number of hydrogen-bond acceptors (Lipinski definition) is 8. The van der Waals surface area contributed by atoms with Crippen molar-refractivity contribution in [3.63, 3.8) is 0 Å². The van der Waals surface area contributed by atoms with Gasteiger partial charge in [-0.05, 0) is 44.1 Å². The highest BCUT2D eigenvalue weighted by Crippen LogP contribution is 2.36. The number of ether oxygens (including phenoxy) is 3. The van der Waals surface area contributed by atoms with Crippen LogP contribution in [0.15, 0.2) is 42.7 Å². The first kappa shape index (κ1) is 21.6. The third-order valence-electron chi connectivity index (χ3n) is 5.24. The van der Waals surface area contributed by atoms with Gasteiger partial charge in [-0.2, -0.15) is 0 Å². The second kappa shape index (κ2) is 9.23. The van der Waals surface area contributed by atoms with Crippen LogP contribution in [-0.2, 0) is 0 Å². The molecule has 4 rings (SSSR count). The van der Waals surface area contributed by atoms with Crippen LogP contribution < -0.4 is 19.9 Å². The number of methoxy groups -OCH3 is 2. The van der Waals surface area contributed by atoms with Crippen LogP contribution >= 0.6 is 0 Å². The summed E-state index contributed by atoms with van der Waals surface area (Å²) in [6.45, 7) is 1.59. The number of nitrogens with two attached hydrogens (primary N) is 1. The van der Waals surface area contributed by atoms with E-state index in [0.29, 0.717) is 29.8 Å². The van der Waals surface area contributed by atoms with Crippen molar-refractivity contribution in [2.24, 2.45) is 0 Å². The topological polar surface area (TPSA) is 95.6 Å². The Kier molecular flexibility index (Phi) is 6.23. The van der Waals surface area contributed by atoms with Gasteiger partial charge in [-0.3, -0.25) is 4.98 Å². The Morgan fingerprint density at radius 3 is 2.38 bits per heavy atom. The van der Waals surface area contributed by atoms with Crippen LogP contribution in [0.25, 0.3) is 32.9 Å². The van der Waals surface area contributed by atoms with Crippen molar-refractivity contribution in [3.8, 4) is 28.6 Å². The lowest BCUT2D eigenvalue weighted by Crippen LogP contribution is -2.15.